The van der Waals surface area contributed by atoms with Crippen molar-refractivity contribution in [3.8, 4) is 0 Å². The number of hydrogen-bond donors (Lipinski definition) is 0. The van der Waals surface area contributed by atoms with E-state index in [0.717, 1.165) is 16.3 Å². The topological polar surface area (TPSA) is 50.3 Å². The number of benzene rings is 1. The first-order valence-corrected chi connectivity index (χ1v) is 8.96. The molecule has 0 aliphatic carbocycles. The van der Waals surface area contributed by atoms with Gasteiger partial charge in [0.15, 0.2) is 0 Å². The molecule has 0 bridgehead atoms. The molecule has 0 radical (unpaired) electrons. The summed E-state index contributed by atoms with van der Waals surface area (Å²) in [5.74, 6) is 0.730. The lowest BCUT2D eigenvalue weighted by molar-refractivity contribution is 0.520. The van der Waals surface area contributed by atoms with E-state index in [2.05, 4.69) is 4.98 Å². The molecular weight excluding hydrogens is 328 g/mol. The largest absolute Gasteiger partial charge is 0.249 e. The van der Waals surface area contributed by atoms with Crippen LogP contribution in [0.3, 0.4) is 0 Å². The molecule has 7 heteroatoms. The smallest absolute Gasteiger partial charge is 0.244 e. The van der Waals surface area contributed by atoms with E-state index in [0.29, 0.717) is 5.02 Å². The Morgan fingerprint density at radius 3 is 2.57 bits per heavy atom. The van der Waals surface area contributed by atoms with Gasteiger partial charge >= 0.3 is 0 Å². The number of thioether (sulfide) groups is 1. The summed E-state index contributed by atoms with van der Waals surface area (Å²) < 4.78 is 25.0. The molecule has 0 aliphatic rings. The van der Waals surface area contributed by atoms with Gasteiger partial charge in [-0.15, -0.1) is 11.8 Å². The van der Waals surface area contributed by atoms with E-state index in [9.17, 15) is 8.42 Å². The SMILES string of the molecule is CN(C)S(=O)(=O)c1ccc(SCc2cccc(Cl)c2)nc1. The highest BCUT2D eigenvalue weighted by Gasteiger charge is 2.17. The molecule has 0 atom stereocenters. The highest BCUT2D eigenvalue weighted by atomic mass is 35.5. The summed E-state index contributed by atoms with van der Waals surface area (Å²) in [6.07, 6.45) is 1.38. The summed E-state index contributed by atoms with van der Waals surface area (Å²) >= 11 is 7.46. The number of halogens is 1. The van der Waals surface area contributed by atoms with Gasteiger partial charge in [0.1, 0.15) is 4.90 Å². The van der Waals surface area contributed by atoms with Crippen LogP contribution in [0.25, 0.3) is 0 Å². The molecule has 0 spiro atoms. The fraction of sp³-hybridized carbons (Fsp3) is 0.214. The van der Waals surface area contributed by atoms with Gasteiger partial charge in [-0.1, -0.05) is 23.7 Å². The standard InChI is InChI=1S/C14H15ClN2O2S2/c1-17(2)21(18,19)13-6-7-14(16-9-13)20-10-11-4-3-5-12(15)8-11/h3-9H,10H2,1-2H3. The number of nitrogens with zero attached hydrogens (tertiary/aromatic N) is 2. The molecule has 2 aromatic rings. The van der Waals surface area contributed by atoms with Gasteiger partial charge in [0, 0.05) is 31.1 Å². The zero-order valence-corrected chi connectivity index (χ0v) is 14.0. The Labute approximate surface area is 134 Å². The Hall–Kier alpha value is -1.08. The molecule has 0 fully saturated rings. The normalized spacial score (nSPS) is 11.8. The van der Waals surface area contributed by atoms with Crippen molar-refractivity contribution in [1.29, 1.82) is 0 Å². The van der Waals surface area contributed by atoms with E-state index >= 15 is 0 Å². The Morgan fingerprint density at radius 2 is 2.00 bits per heavy atom. The van der Waals surface area contributed by atoms with E-state index in [-0.39, 0.29) is 4.90 Å². The van der Waals surface area contributed by atoms with Crippen LogP contribution in [0, 0.1) is 0 Å². The lowest BCUT2D eigenvalue weighted by atomic mass is 10.2. The second-order valence-electron chi connectivity index (χ2n) is 4.54. The molecule has 1 aromatic heterocycles. The predicted molar refractivity (Wildman–Crippen MR) is 86.1 cm³/mol. The van der Waals surface area contributed by atoms with Crippen molar-refractivity contribution >= 4 is 33.4 Å². The molecule has 4 nitrogen and oxygen atoms in total. The molecule has 2 rings (SSSR count). The summed E-state index contributed by atoms with van der Waals surface area (Å²) in [4.78, 5) is 4.38. The lowest BCUT2D eigenvalue weighted by Gasteiger charge is -2.11. The van der Waals surface area contributed by atoms with Gasteiger partial charge in [0.05, 0.1) is 5.03 Å². The predicted octanol–water partition coefficient (Wildman–Crippen LogP) is 3.28. The quantitative estimate of drug-likeness (QED) is 0.782. The molecule has 0 unspecified atom stereocenters. The van der Waals surface area contributed by atoms with Crippen LogP contribution in [-0.2, 0) is 15.8 Å². The monoisotopic (exact) mass is 342 g/mol. The average molecular weight is 343 g/mol. The highest BCUT2D eigenvalue weighted by Crippen LogP contribution is 2.23. The third-order valence-electron chi connectivity index (χ3n) is 2.76. The fourth-order valence-corrected chi connectivity index (χ4v) is 3.45. The van der Waals surface area contributed by atoms with Crippen LogP contribution >= 0.6 is 23.4 Å². The van der Waals surface area contributed by atoms with Crippen molar-refractivity contribution in [2.45, 2.75) is 15.7 Å². The summed E-state index contributed by atoms with van der Waals surface area (Å²) in [7, 11) is -0.428. The molecule has 0 amide bonds. The second-order valence-corrected chi connectivity index (χ2v) is 8.12. The minimum atomic E-state index is -3.42. The molecule has 21 heavy (non-hydrogen) atoms. The van der Waals surface area contributed by atoms with Gasteiger partial charge in [-0.3, -0.25) is 0 Å². The van der Waals surface area contributed by atoms with Crippen LogP contribution in [-0.4, -0.2) is 31.8 Å². The van der Waals surface area contributed by atoms with Gasteiger partial charge in [0.2, 0.25) is 10.0 Å². The Balaban J connectivity index is 2.07. The van der Waals surface area contributed by atoms with Crippen molar-refractivity contribution in [3.63, 3.8) is 0 Å². The van der Waals surface area contributed by atoms with Crippen LogP contribution < -0.4 is 0 Å². The molecular formula is C14H15ClN2O2S2. The molecule has 0 aliphatic heterocycles. The number of rotatable bonds is 5. The van der Waals surface area contributed by atoms with E-state index in [1.165, 1.54) is 36.4 Å². The summed E-state index contributed by atoms with van der Waals surface area (Å²) in [5, 5.41) is 1.47. The van der Waals surface area contributed by atoms with E-state index < -0.39 is 10.0 Å². The van der Waals surface area contributed by atoms with Crippen molar-refractivity contribution in [2.75, 3.05) is 14.1 Å². The lowest BCUT2D eigenvalue weighted by Crippen LogP contribution is -2.22. The Bertz CT molecular complexity index is 716. The molecule has 112 valence electrons. The van der Waals surface area contributed by atoms with Gasteiger partial charge in [-0.2, -0.15) is 0 Å². The van der Waals surface area contributed by atoms with Crippen molar-refractivity contribution in [1.82, 2.24) is 9.29 Å². The van der Waals surface area contributed by atoms with E-state index in [1.807, 2.05) is 24.3 Å². The van der Waals surface area contributed by atoms with Crippen LogP contribution in [0.15, 0.2) is 52.5 Å². The minimum Gasteiger partial charge on any atom is -0.249 e. The number of pyridine rings is 1. The maximum absolute atomic E-state index is 11.9. The Kier molecular flexibility index (Phi) is 5.27. The first-order valence-electron chi connectivity index (χ1n) is 6.15. The van der Waals surface area contributed by atoms with Crippen LogP contribution in [0.1, 0.15) is 5.56 Å². The number of aromatic nitrogens is 1. The van der Waals surface area contributed by atoms with Crippen molar-refractivity contribution in [3.05, 3.63) is 53.2 Å². The van der Waals surface area contributed by atoms with Crippen LogP contribution in [0.4, 0.5) is 0 Å². The Morgan fingerprint density at radius 1 is 1.24 bits per heavy atom. The molecule has 1 aromatic carbocycles. The van der Waals surface area contributed by atoms with Crippen molar-refractivity contribution < 1.29 is 8.42 Å². The minimum absolute atomic E-state index is 0.194. The average Bonchev–Trinajstić information content (AvgIpc) is 2.45. The van der Waals surface area contributed by atoms with Crippen LogP contribution in [0.5, 0.6) is 0 Å². The van der Waals surface area contributed by atoms with Crippen molar-refractivity contribution in [2.24, 2.45) is 0 Å². The first-order chi connectivity index (χ1) is 9.89. The van der Waals surface area contributed by atoms with Gasteiger partial charge < -0.3 is 0 Å². The van der Waals surface area contributed by atoms with Crippen LogP contribution in [0.2, 0.25) is 5.02 Å². The highest BCUT2D eigenvalue weighted by molar-refractivity contribution is 7.98. The number of sulfonamides is 1. The zero-order valence-electron chi connectivity index (χ0n) is 11.7. The summed E-state index contributed by atoms with van der Waals surface area (Å²) in [5.41, 5.74) is 1.10. The molecule has 0 saturated heterocycles. The first kappa shape index (κ1) is 16.3. The number of hydrogen-bond acceptors (Lipinski definition) is 4. The molecule has 0 saturated carbocycles. The van der Waals surface area contributed by atoms with Gasteiger partial charge in [-0.05, 0) is 29.8 Å². The van der Waals surface area contributed by atoms with Gasteiger partial charge in [0.25, 0.3) is 0 Å². The summed E-state index contributed by atoms with van der Waals surface area (Å²) in [6, 6.07) is 10.9. The maximum Gasteiger partial charge on any atom is 0.244 e. The van der Waals surface area contributed by atoms with Gasteiger partial charge in [-0.25, -0.2) is 17.7 Å². The summed E-state index contributed by atoms with van der Waals surface area (Å²) in [6.45, 7) is 0. The fourth-order valence-electron chi connectivity index (χ4n) is 1.60. The second kappa shape index (κ2) is 6.79. The maximum atomic E-state index is 11.9. The molecule has 0 N–H and O–H groups in total. The zero-order chi connectivity index (χ0) is 15.5. The third kappa shape index (κ3) is 4.20. The van der Waals surface area contributed by atoms with E-state index in [1.54, 1.807) is 12.1 Å². The third-order valence-corrected chi connectivity index (χ3v) is 5.81. The molecule has 1 heterocycles. The van der Waals surface area contributed by atoms with E-state index in [4.69, 9.17) is 11.6 Å².